The average molecular weight is 549 g/mol. The van der Waals surface area contributed by atoms with Crippen molar-refractivity contribution >= 4 is 23.9 Å². The van der Waals surface area contributed by atoms with Crippen LogP contribution in [0.1, 0.15) is 42.0 Å². The van der Waals surface area contributed by atoms with Gasteiger partial charge in [-0.1, -0.05) is 12.1 Å². The predicted molar refractivity (Wildman–Crippen MR) is 104 cm³/mol. The van der Waals surface area contributed by atoms with E-state index in [1.807, 2.05) is 0 Å². The molecule has 2 aromatic rings. The van der Waals surface area contributed by atoms with Crippen molar-refractivity contribution in [2.45, 2.75) is 0 Å². The summed E-state index contributed by atoms with van der Waals surface area (Å²) in [5.74, 6) is -6.06. The molecule has 3 heterocycles. The number of piperazine rings is 1. The summed E-state index contributed by atoms with van der Waals surface area (Å²) in [4.78, 5) is 47.3. The Morgan fingerprint density at radius 1 is 0.543 bits per heavy atom. The fourth-order valence-corrected chi connectivity index (χ4v) is 2.08. The molecule has 0 unspecified atom stereocenters. The molecule has 200 valence electrons. The van der Waals surface area contributed by atoms with Gasteiger partial charge in [-0.2, -0.15) is 0 Å². The van der Waals surface area contributed by atoms with Crippen LogP contribution in [0, 0.1) is 0 Å². The second-order valence-electron chi connectivity index (χ2n) is 5.70. The van der Waals surface area contributed by atoms with E-state index in [0.717, 1.165) is 24.3 Å². The molecule has 3 rings (SSSR count). The number of carbonyl (C=O) groups is 4. The summed E-state index contributed by atoms with van der Waals surface area (Å²) in [6.45, 7) is 5.28. The van der Waals surface area contributed by atoms with Crippen LogP contribution in [0.5, 0.6) is 0 Å². The van der Waals surface area contributed by atoms with E-state index < -0.39 is 46.7 Å². The maximum Gasteiger partial charge on any atom is 2.00 e. The number of aromatic carboxylic acids is 4. The van der Waals surface area contributed by atoms with Crippen molar-refractivity contribution in [3.63, 3.8) is 0 Å². The molecule has 0 radical (unpaired) electrons. The molecule has 0 aliphatic carbocycles. The minimum atomic E-state index is -1.52. The van der Waals surface area contributed by atoms with Crippen molar-refractivity contribution in [3.8, 4) is 0 Å². The van der Waals surface area contributed by atoms with Gasteiger partial charge >= 0.3 is 16.5 Å². The molecule has 16 nitrogen and oxygen atoms in total. The first-order valence-corrected chi connectivity index (χ1v) is 8.65. The van der Waals surface area contributed by atoms with Crippen molar-refractivity contribution in [3.05, 3.63) is 59.2 Å². The van der Waals surface area contributed by atoms with Crippen molar-refractivity contribution in [2.75, 3.05) is 26.2 Å². The molecular formula is C18H26N4NiO12. The number of quaternary nitrogens is 2. The second-order valence-corrected chi connectivity index (χ2v) is 5.70. The summed E-state index contributed by atoms with van der Waals surface area (Å²) in [5, 5.41) is 45.5. The fourth-order valence-electron chi connectivity index (χ4n) is 2.08. The monoisotopic (exact) mass is 548 g/mol. The van der Waals surface area contributed by atoms with Crippen molar-refractivity contribution < 1.29 is 88.6 Å². The van der Waals surface area contributed by atoms with Gasteiger partial charge in [0.15, 0.2) is 0 Å². The van der Waals surface area contributed by atoms with Crippen LogP contribution in [0.4, 0.5) is 0 Å². The van der Waals surface area contributed by atoms with E-state index in [0.29, 0.717) is 0 Å². The molecule has 1 aliphatic heterocycles. The third-order valence-corrected chi connectivity index (χ3v) is 3.48. The van der Waals surface area contributed by atoms with Gasteiger partial charge in [-0.05, 0) is 24.3 Å². The van der Waals surface area contributed by atoms with Gasteiger partial charge < -0.3 is 72.1 Å². The molecule has 0 saturated carbocycles. The molecule has 2 aromatic heterocycles. The van der Waals surface area contributed by atoms with Crippen molar-refractivity contribution in [2.24, 2.45) is 0 Å². The van der Waals surface area contributed by atoms with Gasteiger partial charge in [-0.3, -0.25) is 0 Å². The van der Waals surface area contributed by atoms with Crippen LogP contribution in [-0.2, 0) is 16.5 Å². The topological polar surface area (TPSA) is 346 Å². The fraction of sp³-hybridized carbons (Fsp3) is 0.222. The van der Waals surface area contributed by atoms with Gasteiger partial charge in [0.05, 0.1) is 46.7 Å². The first-order valence-electron chi connectivity index (χ1n) is 8.65. The molecule has 0 aromatic carbocycles. The van der Waals surface area contributed by atoms with Gasteiger partial charge in [0, 0.05) is 0 Å². The Morgan fingerprint density at radius 3 is 0.886 bits per heavy atom. The smallest absolute Gasteiger partial charge is 0.543 e. The van der Waals surface area contributed by atoms with Crippen LogP contribution in [0.15, 0.2) is 36.4 Å². The van der Waals surface area contributed by atoms with E-state index in [1.165, 1.54) is 38.3 Å². The molecule has 35 heavy (non-hydrogen) atoms. The number of hydrogen-bond donors (Lipinski definition) is 2. The summed E-state index contributed by atoms with van der Waals surface area (Å²) < 4.78 is 0. The van der Waals surface area contributed by atoms with Gasteiger partial charge in [0.2, 0.25) is 0 Å². The number of aromatic nitrogens is 2. The third kappa shape index (κ3) is 16.7. The Hall–Kier alpha value is -3.57. The van der Waals surface area contributed by atoms with E-state index in [9.17, 15) is 39.6 Å². The minimum Gasteiger partial charge on any atom is -0.543 e. The van der Waals surface area contributed by atoms with Crippen LogP contribution in [0.2, 0.25) is 0 Å². The second kappa shape index (κ2) is 22.2. The Balaban J connectivity index is -0.000000125. The number of carboxylic acid groups (broad SMARTS) is 4. The van der Waals surface area contributed by atoms with E-state index in [1.54, 1.807) is 0 Å². The molecule has 0 bridgehead atoms. The van der Waals surface area contributed by atoms with Gasteiger partial charge in [0.25, 0.3) is 0 Å². The summed E-state index contributed by atoms with van der Waals surface area (Å²) in [7, 11) is 0. The Labute approximate surface area is 208 Å². The van der Waals surface area contributed by atoms with Gasteiger partial charge in [-0.15, -0.1) is 0 Å². The number of carboxylic acids is 4. The largest absolute Gasteiger partial charge is 2.00 e. The number of hydrogen-bond acceptors (Lipinski definition) is 10. The van der Waals surface area contributed by atoms with E-state index in [4.69, 9.17) is 0 Å². The zero-order chi connectivity index (χ0) is 22.5. The summed E-state index contributed by atoms with van der Waals surface area (Å²) in [5.41, 5.74) is -1.68. The van der Waals surface area contributed by atoms with Crippen LogP contribution in [-0.4, -0.2) is 81.9 Å². The molecule has 17 heteroatoms. The SMILES string of the molecule is C1C[NH2+]CC[NH2+]1.O.O.O.O.O=C([O-])c1cccc(C(=O)[O-])n1.O=C([O-])c1cccc(C(=O)[O-])n1.[Ni+2]. The minimum absolute atomic E-state index is 0. The van der Waals surface area contributed by atoms with E-state index >= 15 is 0 Å². The van der Waals surface area contributed by atoms with E-state index in [2.05, 4.69) is 20.6 Å². The standard InChI is InChI=1S/2C7H5NO4.C4H10N2.Ni.4H2O/c2*9-6(10)4-2-1-3-5(8-4)7(11)12;1-2-6-4-3-5-1;;;;;/h2*1-3H,(H,9,10)(H,11,12);5-6H,1-4H2;;4*1H2/q;;;+2;;;;/p-2. The molecule has 0 spiro atoms. The maximum atomic E-state index is 10.2. The first kappa shape index (κ1) is 41.7. The zero-order valence-electron chi connectivity index (χ0n) is 17.9. The van der Waals surface area contributed by atoms with Gasteiger partial charge in [-0.25, -0.2) is 9.97 Å². The van der Waals surface area contributed by atoms with Gasteiger partial charge in [0.1, 0.15) is 26.2 Å². The third-order valence-electron chi connectivity index (χ3n) is 3.48. The summed E-state index contributed by atoms with van der Waals surface area (Å²) in [6.07, 6.45) is 0. The molecule has 1 fully saturated rings. The van der Waals surface area contributed by atoms with Crippen molar-refractivity contribution in [1.82, 2.24) is 9.97 Å². The molecule has 0 atom stereocenters. The number of pyridine rings is 2. The average Bonchev–Trinajstić information content (AvgIpc) is 2.76. The van der Waals surface area contributed by atoms with Crippen LogP contribution >= 0.6 is 0 Å². The number of nitrogens with zero attached hydrogens (tertiary/aromatic N) is 2. The molecule has 1 saturated heterocycles. The molecule has 0 amide bonds. The quantitative estimate of drug-likeness (QED) is 0.339. The zero-order valence-corrected chi connectivity index (χ0v) is 18.9. The predicted octanol–water partition coefficient (Wildman–Crippen LogP) is -10.6. The molecular weight excluding hydrogens is 523 g/mol. The Kier molecular flexibility index (Phi) is 26.5. The molecule has 1 aliphatic rings. The van der Waals surface area contributed by atoms with E-state index in [-0.39, 0.29) is 38.4 Å². The number of nitrogens with two attached hydrogens (primary N) is 2. The van der Waals surface area contributed by atoms with Crippen LogP contribution in [0.3, 0.4) is 0 Å². The molecule has 12 N–H and O–H groups in total. The van der Waals surface area contributed by atoms with Crippen LogP contribution in [0.25, 0.3) is 0 Å². The van der Waals surface area contributed by atoms with Crippen molar-refractivity contribution in [1.29, 1.82) is 0 Å². The summed E-state index contributed by atoms with van der Waals surface area (Å²) >= 11 is 0. The number of carbonyl (C=O) groups excluding carboxylic acids is 4. The Morgan fingerprint density at radius 2 is 0.743 bits per heavy atom. The number of rotatable bonds is 4. The maximum absolute atomic E-state index is 10.2. The van der Waals surface area contributed by atoms with Crippen LogP contribution < -0.4 is 31.1 Å². The Bertz CT molecular complexity index is 775. The summed E-state index contributed by atoms with van der Waals surface area (Å²) in [6, 6.07) is 7.07. The first-order chi connectivity index (χ1) is 14.2. The normalized spacial score (nSPS) is 10.5.